The third-order valence-electron chi connectivity index (χ3n) is 5.82. The molecule has 0 saturated heterocycles. The molecule has 0 bridgehead atoms. The minimum absolute atomic E-state index is 0.0835. The van der Waals surface area contributed by atoms with Crippen LogP contribution in [0.4, 0.5) is 5.69 Å². The van der Waals surface area contributed by atoms with E-state index in [-0.39, 0.29) is 18.5 Å². The van der Waals surface area contributed by atoms with Crippen LogP contribution in [0.3, 0.4) is 0 Å². The normalized spacial score (nSPS) is 12.5. The maximum atomic E-state index is 13.7. The first-order chi connectivity index (χ1) is 16.3. The lowest BCUT2D eigenvalue weighted by Gasteiger charge is -2.33. The van der Waals surface area contributed by atoms with E-state index in [9.17, 15) is 18.0 Å². The highest BCUT2D eigenvalue weighted by molar-refractivity contribution is 7.92. The third-order valence-corrected chi connectivity index (χ3v) is 6.96. The van der Waals surface area contributed by atoms with Gasteiger partial charge in [-0.2, -0.15) is 0 Å². The van der Waals surface area contributed by atoms with E-state index in [0.29, 0.717) is 18.0 Å². The van der Waals surface area contributed by atoms with E-state index >= 15 is 0 Å². The van der Waals surface area contributed by atoms with Crippen molar-refractivity contribution >= 4 is 27.5 Å². The van der Waals surface area contributed by atoms with Crippen molar-refractivity contribution in [3.05, 3.63) is 65.2 Å². The molecule has 0 saturated carbocycles. The lowest BCUT2D eigenvalue weighted by Crippen LogP contribution is -2.53. The summed E-state index contributed by atoms with van der Waals surface area (Å²) in [7, 11) is -3.74. The Morgan fingerprint density at radius 3 is 1.97 bits per heavy atom. The molecule has 0 heterocycles. The SMILES string of the molecule is CC[C@@H](C(=O)NC(C)C)N(Cc1ccc(C)cc1)C(=O)CN(c1ccc(C(C)C)cc1)S(C)(=O)=O. The highest BCUT2D eigenvalue weighted by atomic mass is 32.2. The van der Waals surface area contributed by atoms with Crippen LogP contribution in [0.1, 0.15) is 63.6 Å². The number of carbonyl (C=O) groups is 2. The van der Waals surface area contributed by atoms with Gasteiger partial charge < -0.3 is 10.2 Å². The first kappa shape index (κ1) is 28.4. The molecular formula is C27H39N3O4S. The maximum Gasteiger partial charge on any atom is 0.244 e. The zero-order valence-corrected chi connectivity index (χ0v) is 22.7. The van der Waals surface area contributed by atoms with Crippen molar-refractivity contribution in [1.82, 2.24) is 10.2 Å². The van der Waals surface area contributed by atoms with Crippen LogP contribution in [0.5, 0.6) is 0 Å². The molecule has 35 heavy (non-hydrogen) atoms. The molecule has 1 atom stereocenters. The van der Waals surface area contributed by atoms with Crippen LogP contribution in [-0.4, -0.2) is 50.0 Å². The predicted molar refractivity (Wildman–Crippen MR) is 142 cm³/mol. The fourth-order valence-corrected chi connectivity index (χ4v) is 4.68. The molecule has 0 aromatic heterocycles. The van der Waals surface area contributed by atoms with Gasteiger partial charge in [0.2, 0.25) is 21.8 Å². The average Bonchev–Trinajstić information content (AvgIpc) is 2.77. The van der Waals surface area contributed by atoms with Crippen LogP contribution in [0, 0.1) is 6.92 Å². The van der Waals surface area contributed by atoms with Gasteiger partial charge in [-0.05, 0) is 56.4 Å². The van der Waals surface area contributed by atoms with Crippen LogP contribution in [0.25, 0.3) is 0 Å². The van der Waals surface area contributed by atoms with Gasteiger partial charge in [0.15, 0.2) is 0 Å². The molecule has 1 N–H and O–H groups in total. The van der Waals surface area contributed by atoms with E-state index in [2.05, 4.69) is 19.2 Å². The standard InChI is InChI=1S/C27H39N3O4S/c1-8-25(27(32)28-20(4)5)29(17-22-11-9-21(6)10-12-22)26(31)18-30(35(7,33)34)24-15-13-23(14-16-24)19(2)3/h9-16,19-20,25H,8,17-18H2,1-7H3,(H,28,32)/t25-/m0/s1. The molecule has 2 amide bonds. The number of carbonyl (C=O) groups excluding carboxylic acids is 2. The summed E-state index contributed by atoms with van der Waals surface area (Å²) in [6.45, 7) is 11.5. The molecule has 2 rings (SSSR count). The quantitative estimate of drug-likeness (QED) is 0.500. The van der Waals surface area contributed by atoms with Crippen molar-refractivity contribution in [2.45, 2.75) is 72.5 Å². The van der Waals surface area contributed by atoms with Crippen molar-refractivity contribution in [2.24, 2.45) is 0 Å². The van der Waals surface area contributed by atoms with Crippen molar-refractivity contribution in [3.8, 4) is 0 Å². The number of hydrogen-bond acceptors (Lipinski definition) is 4. The number of sulfonamides is 1. The number of benzene rings is 2. The summed E-state index contributed by atoms with van der Waals surface area (Å²) in [5.74, 6) is -0.392. The fourth-order valence-electron chi connectivity index (χ4n) is 3.83. The summed E-state index contributed by atoms with van der Waals surface area (Å²) in [4.78, 5) is 28.1. The lowest BCUT2D eigenvalue weighted by molar-refractivity contribution is -0.140. The molecule has 192 valence electrons. The van der Waals surface area contributed by atoms with Gasteiger partial charge in [0.05, 0.1) is 11.9 Å². The average molecular weight is 502 g/mol. The summed E-state index contributed by atoms with van der Waals surface area (Å²) in [6, 6.07) is 14.1. The van der Waals surface area contributed by atoms with Crippen LogP contribution in [0.2, 0.25) is 0 Å². The summed E-state index contributed by atoms with van der Waals surface area (Å²) in [5.41, 5.74) is 3.45. The van der Waals surface area contributed by atoms with Gasteiger partial charge in [-0.3, -0.25) is 13.9 Å². The number of rotatable bonds is 11. The minimum atomic E-state index is -3.74. The predicted octanol–water partition coefficient (Wildman–Crippen LogP) is 4.22. The Kier molecular flexibility index (Phi) is 9.89. The second-order valence-electron chi connectivity index (χ2n) is 9.61. The number of amides is 2. The Labute approximate surface area is 210 Å². The second-order valence-corrected chi connectivity index (χ2v) is 11.5. The Morgan fingerprint density at radius 1 is 0.943 bits per heavy atom. The van der Waals surface area contributed by atoms with Crippen LogP contribution < -0.4 is 9.62 Å². The first-order valence-corrected chi connectivity index (χ1v) is 13.9. The molecule has 0 spiro atoms. The number of nitrogens with one attached hydrogen (secondary N) is 1. The van der Waals surface area contributed by atoms with E-state index in [0.717, 1.165) is 27.3 Å². The Morgan fingerprint density at radius 2 is 1.51 bits per heavy atom. The van der Waals surface area contributed by atoms with Gasteiger partial charge in [-0.1, -0.05) is 62.7 Å². The van der Waals surface area contributed by atoms with E-state index in [1.807, 2.05) is 64.1 Å². The smallest absolute Gasteiger partial charge is 0.244 e. The molecule has 0 radical (unpaired) electrons. The molecular weight excluding hydrogens is 462 g/mol. The maximum absolute atomic E-state index is 13.7. The lowest BCUT2D eigenvalue weighted by atomic mass is 10.0. The number of anilines is 1. The van der Waals surface area contributed by atoms with Crippen molar-refractivity contribution < 1.29 is 18.0 Å². The number of aryl methyl sites for hydroxylation is 1. The first-order valence-electron chi connectivity index (χ1n) is 12.1. The van der Waals surface area contributed by atoms with Gasteiger partial charge >= 0.3 is 0 Å². The van der Waals surface area contributed by atoms with E-state index in [4.69, 9.17) is 0 Å². The van der Waals surface area contributed by atoms with E-state index in [1.165, 1.54) is 4.90 Å². The third kappa shape index (κ3) is 8.09. The molecule has 8 heteroatoms. The largest absolute Gasteiger partial charge is 0.352 e. The summed E-state index contributed by atoms with van der Waals surface area (Å²) < 4.78 is 26.5. The fraction of sp³-hybridized carbons (Fsp3) is 0.481. The molecule has 0 fully saturated rings. The molecule has 0 aliphatic carbocycles. The molecule has 0 aliphatic heterocycles. The van der Waals surface area contributed by atoms with Crippen LogP contribution >= 0.6 is 0 Å². The zero-order chi connectivity index (χ0) is 26.3. The number of hydrogen-bond donors (Lipinski definition) is 1. The van der Waals surface area contributed by atoms with Gasteiger partial charge in [-0.15, -0.1) is 0 Å². The van der Waals surface area contributed by atoms with Crippen molar-refractivity contribution in [3.63, 3.8) is 0 Å². The van der Waals surface area contributed by atoms with Gasteiger partial charge in [-0.25, -0.2) is 8.42 Å². The van der Waals surface area contributed by atoms with E-state index in [1.54, 1.807) is 12.1 Å². The van der Waals surface area contributed by atoms with Crippen molar-refractivity contribution in [2.75, 3.05) is 17.1 Å². The number of nitrogens with zero attached hydrogens (tertiary/aromatic N) is 2. The monoisotopic (exact) mass is 501 g/mol. The second kappa shape index (κ2) is 12.2. The van der Waals surface area contributed by atoms with Crippen molar-refractivity contribution in [1.29, 1.82) is 0 Å². The van der Waals surface area contributed by atoms with Crippen LogP contribution in [0.15, 0.2) is 48.5 Å². The van der Waals surface area contributed by atoms with Gasteiger partial charge in [0.25, 0.3) is 0 Å². The molecule has 2 aromatic carbocycles. The summed E-state index contributed by atoms with van der Waals surface area (Å²) >= 11 is 0. The topological polar surface area (TPSA) is 86.8 Å². The Balaban J connectivity index is 2.42. The van der Waals surface area contributed by atoms with E-state index < -0.39 is 28.5 Å². The minimum Gasteiger partial charge on any atom is -0.352 e. The van der Waals surface area contributed by atoms with Crippen LogP contribution in [-0.2, 0) is 26.2 Å². The van der Waals surface area contributed by atoms with Gasteiger partial charge in [0, 0.05) is 12.6 Å². The Bertz CT molecular complexity index is 1090. The molecule has 0 unspecified atom stereocenters. The molecule has 0 aliphatic rings. The summed E-state index contributed by atoms with van der Waals surface area (Å²) in [6.07, 6.45) is 1.49. The molecule has 2 aromatic rings. The highest BCUT2D eigenvalue weighted by Crippen LogP contribution is 2.23. The summed E-state index contributed by atoms with van der Waals surface area (Å²) in [5, 5.41) is 2.89. The zero-order valence-electron chi connectivity index (χ0n) is 21.9. The van der Waals surface area contributed by atoms with Gasteiger partial charge in [0.1, 0.15) is 12.6 Å². The Hall–Kier alpha value is -2.87. The highest BCUT2D eigenvalue weighted by Gasteiger charge is 2.32. The molecule has 7 nitrogen and oxygen atoms in total.